The second-order valence-electron chi connectivity index (χ2n) is 4.37. The fourth-order valence-corrected chi connectivity index (χ4v) is 2.15. The Kier molecular flexibility index (Phi) is 1.96. The van der Waals surface area contributed by atoms with Gasteiger partial charge in [-0.15, -0.1) is 0 Å². The predicted octanol–water partition coefficient (Wildman–Crippen LogP) is 1.41. The van der Waals surface area contributed by atoms with Crippen LogP contribution in [0, 0.1) is 6.92 Å². The first kappa shape index (κ1) is 9.40. The monoisotopic (exact) mass is 210 g/mol. The molecule has 80 valence electrons. The number of aryl methyl sites for hydroxylation is 1. The van der Waals surface area contributed by atoms with Gasteiger partial charge in [-0.05, 0) is 18.4 Å². The highest BCUT2D eigenvalue weighted by atomic mass is 15.4. The largest absolute Gasteiger partial charge is 0.296 e. The van der Waals surface area contributed by atoms with E-state index in [9.17, 15) is 0 Å². The second kappa shape index (κ2) is 3.34. The smallest absolute Gasteiger partial charge is 0.0979 e. The Morgan fingerprint density at radius 3 is 2.88 bits per heavy atom. The molecule has 2 heteroatoms. The van der Waals surface area contributed by atoms with E-state index in [1.807, 2.05) is 12.1 Å². The zero-order chi connectivity index (χ0) is 11.1. The fraction of sp³-hybridized carbons (Fsp3) is 0.214. The Balaban J connectivity index is 2.52. The minimum atomic E-state index is 0.893. The van der Waals surface area contributed by atoms with Crippen LogP contribution in [0.5, 0.6) is 0 Å². The summed E-state index contributed by atoms with van der Waals surface area (Å²) in [4.78, 5) is 0. The molecule has 0 saturated carbocycles. The summed E-state index contributed by atoms with van der Waals surface area (Å²) in [6, 6.07) is 10.8. The van der Waals surface area contributed by atoms with Crippen LogP contribution in [-0.2, 0) is 0 Å². The maximum absolute atomic E-state index is 4.62. The molecule has 1 heterocycles. The molecule has 0 atom stereocenters. The third kappa shape index (κ3) is 1.38. The molecule has 0 unspecified atom stereocenters. The van der Waals surface area contributed by atoms with Crippen molar-refractivity contribution < 1.29 is 0 Å². The van der Waals surface area contributed by atoms with E-state index in [1.165, 1.54) is 21.6 Å². The molecular formula is C14H14N2. The van der Waals surface area contributed by atoms with Gasteiger partial charge in [0.05, 0.1) is 11.9 Å². The second-order valence-corrected chi connectivity index (χ2v) is 4.37. The maximum atomic E-state index is 4.62. The molecule has 0 bridgehead atoms. The molecule has 0 amide bonds. The highest BCUT2D eigenvalue weighted by Crippen LogP contribution is 2.10. The molecule has 0 saturated heterocycles. The van der Waals surface area contributed by atoms with Gasteiger partial charge < -0.3 is 0 Å². The molecule has 1 aliphatic heterocycles. The van der Waals surface area contributed by atoms with Crippen molar-refractivity contribution >= 4 is 16.8 Å². The lowest BCUT2D eigenvalue weighted by Crippen LogP contribution is -2.34. The van der Waals surface area contributed by atoms with Crippen LogP contribution >= 0.6 is 0 Å². The zero-order valence-corrected chi connectivity index (χ0v) is 9.57. The van der Waals surface area contributed by atoms with Crippen LogP contribution in [0.2, 0.25) is 0 Å². The molecule has 0 fully saturated rings. The zero-order valence-electron chi connectivity index (χ0n) is 9.57. The number of hydrogen-bond donors (Lipinski definition) is 0. The van der Waals surface area contributed by atoms with Gasteiger partial charge in [0.2, 0.25) is 0 Å². The molecular weight excluding hydrogens is 196 g/mol. The Labute approximate surface area is 94.5 Å². The normalized spacial score (nSPS) is 14.2. The molecule has 0 aromatic heterocycles. The number of fused-ring (bicyclic) bond motifs is 3. The molecule has 0 spiro atoms. The summed E-state index contributed by atoms with van der Waals surface area (Å²) in [5.74, 6) is 0. The van der Waals surface area contributed by atoms with Crippen LogP contribution in [0.4, 0.5) is 0 Å². The first-order valence-corrected chi connectivity index (χ1v) is 5.53. The van der Waals surface area contributed by atoms with E-state index < -0.39 is 0 Å². The Bertz CT molecular complexity index is 671. The summed E-state index contributed by atoms with van der Waals surface area (Å²) in [6.07, 6.45) is 2.23. The molecule has 1 aliphatic rings. The lowest BCUT2D eigenvalue weighted by molar-refractivity contribution is 0.384. The van der Waals surface area contributed by atoms with Gasteiger partial charge in [-0.25, -0.2) is 0 Å². The van der Waals surface area contributed by atoms with Crippen LogP contribution < -0.4 is 10.6 Å². The van der Waals surface area contributed by atoms with Crippen molar-refractivity contribution in [3.8, 4) is 0 Å². The summed E-state index contributed by atoms with van der Waals surface area (Å²) in [6.45, 7) is 3.01. The van der Waals surface area contributed by atoms with Crippen molar-refractivity contribution in [3.05, 3.63) is 46.5 Å². The van der Waals surface area contributed by atoms with Crippen molar-refractivity contribution in [1.29, 1.82) is 0 Å². The molecule has 0 aliphatic carbocycles. The van der Waals surface area contributed by atoms with Crippen molar-refractivity contribution in [2.45, 2.75) is 6.92 Å². The van der Waals surface area contributed by atoms with Crippen LogP contribution in [0.25, 0.3) is 16.8 Å². The average molecular weight is 210 g/mol. The number of rotatable bonds is 0. The van der Waals surface area contributed by atoms with Gasteiger partial charge >= 0.3 is 0 Å². The molecule has 3 rings (SSSR count). The van der Waals surface area contributed by atoms with E-state index in [0.29, 0.717) is 0 Å². The van der Waals surface area contributed by atoms with Gasteiger partial charge in [-0.3, -0.25) is 5.01 Å². The number of hydrogen-bond acceptors (Lipinski definition) is 2. The number of nitrogens with zero attached hydrogens (tertiary/aromatic N) is 2. The lowest BCUT2D eigenvalue weighted by atomic mass is 10.1. The van der Waals surface area contributed by atoms with E-state index in [-0.39, 0.29) is 0 Å². The van der Waals surface area contributed by atoms with E-state index in [1.54, 1.807) is 0 Å². The predicted molar refractivity (Wildman–Crippen MR) is 66.6 cm³/mol. The summed E-state index contributed by atoms with van der Waals surface area (Å²) >= 11 is 0. The van der Waals surface area contributed by atoms with Crippen LogP contribution in [-0.4, -0.2) is 18.6 Å². The Morgan fingerprint density at radius 2 is 2.00 bits per heavy atom. The van der Waals surface area contributed by atoms with Crippen LogP contribution in [0.15, 0.2) is 35.4 Å². The molecule has 2 aromatic rings. The summed E-state index contributed by atoms with van der Waals surface area (Å²) in [5.41, 5.74) is 1.28. The van der Waals surface area contributed by atoms with Crippen molar-refractivity contribution in [3.63, 3.8) is 0 Å². The molecule has 2 aromatic carbocycles. The third-order valence-corrected chi connectivity index (χ3v) is 3.03. The van der Waals surface area contributed by atoms with Crippen molar-refractivity contribution in [2.24, 2.45) is 5.10 Å². The number of benzene rings is 2. The van der Waals surface area contributed by atoms with Crippen LogP contribution in [0.3, 0.4) is 0 Å². The first-order chi connectivity index (χ1) is 7.74. The minimum absolute atomic E-state index is 0.893. The summed E-state index contributed by atoms with van der Waals surface area (Å²) < 4.78 is 0. The fourth-order valence-electron chi connectivity index (χ4n) is 2.15. The molecule has 0 N–H and O–H groups in total. The first-order valence-electron chi connectivity index (χ1n) is 5.53. The third-order valence-electron chi connectivity index (χ3n) is 3.03. The van der Waals surface area contributed by atoms with Gasteiger partial charge in [0.15, 0.2) is 0 Å². The van der Waals surface area contributed by atoms with Gasteiger partial charge in [0, 0.05) is 17.7 Å². The quantitative estimate of drug-likeness (QED) is 0.642. The summed E-state index contributed by atoms with van der Waals surface area (Å²) in [5, 5.41) is 11.5. The highest BCUT2D eigenvalue weighted by Gasteiger charge is 2.03. The maximum Gasteiger partial charge on any atom is 0.0979 e. The van der Waals surface area contributed by atoms with Gasteiger partial charge in [0.25, 0.3) is 0 Å². The average Bonchev–Trinajstić information content (AvgIpc) is 2.29. The molecule has 2 nitrogen and oxygen atoms in total. The standard InChI is InChI=1S/C14H14N2/c1-10-3-4-11-5-6-12-7-8-16(2)15-14(12)13(11)9-10/h3-7,9H,8H2,1-2H3. The molecule has 0 radical (unpaired) electrons. The van der Waals surface area contributed by atoms with E-state index in [0.717, 1.165) is 11.9 Å². The minimum Gasteiger partial charge on any atom is -0.296 e. The molecule has 16 heavy (non-hydrogen) atoms. The highest BCUT2D eigenvalue weighted by molar-refractivity contribution is 5.83. The van der Waals surface area contributed by atoms with Crippen molar-refractivity contribution in [1.82, 2.24) is 5.01 Å². The van der Waals surface area contributed by atoms with Crippen LogP contribution in [0.1, 0.15) is 5.56 Å². The Morgan fingerprint density at radius 1 is 1.19 bits per heavy atom. The van der Waals surface area contributed by atoms with Gasteiger partial charge in [0.1, 0.15) is 0 Å². The van der Waals surface area contributed by atoms with E-state index >= 15 is 0 Å². The SMILES string of the molecule is Cc1ccc2ccc3c(c2c1)=NN(C)CC=3. The topological polar surface area (TPSA) is 15.6 Å². The van der Waals surface area contributed by atoms with Gasteiger partial charge in [-0.1, -0.05) is 35.9 Å². The van der Waals surface area contributed by atoms with E-state index in [4.69, 9.17) is 0 Å². The Hall–Kier alpha value is -1.83. The summed E-state index contributed by atoms with van der Waals surface area (Å²) in [7, 11) is 2.01. The van der Waals surface area contributed by atoms with Crippen molar-refractivity contribution in [2.75, 3.05) is 13.6 Å². The lowest BCUT2D eigenvalue weighted by Gasteiger charge is -2.14. The van der Waals surface area contributed by atoms with E-state index in [2.05, 4.69) is 48.4 Å². The van der Waals surface area contributed by atoms with Gasteiger partial charge in [-0.2, -0.15) is 5.10 Å².